The van der Waals surface area contributed by atoms with E-state index in [2.05, 4.69) is 35.5 Å². The first-order valence-corrected chi connectivity index (χ1v) is 7.13. The lowest BCUT2D eigenvalue weighted by Gasteiger charge is -2.33. The van der Waals surface area contributed by atoms with Crippen LogP contribution in [0.25, 0.3) is 0 Å². The molecular formula is C13H16BrNOS. The predicted octanol–water partition coefficient (Wildman–Crippen LogP) is 3.75. The summed E-state index contributed by atoms with van der Waals surface area (Å²) in [6, 6.07) is 5.94. The fourth-order valence-electron chi connectivity index (χ4n) is 2.24. The zero-order valence-corrected chi connectivity index (χ0v) is 12.3. The van der Waals surface area contributed by atoms with Crippen LogP contribution in [0.1, 0.15) is 36.5 Å². The number of benzene rings is 1. The van der Waals surface area contributed by atoms with E-state index in [-0.39, 0.29) is 5.91 Å². The third-order valence-corrected chi connectivity index (χ3v) is 4.12. The van der Waals surface area contributed by atoms with Gasteiger partial charge in [-0.1, -0.05) is 15.9 Å². The van der Waals surface area contributed by atoms with Crippen molar-refractivity contribution < 1.29 is 4.79 Å². The Kier molecular flexibility index (Phi) is 4.15. The highest BCUT2D eigenvalue weighted by molar-refractivity contribution is 9.10. The number of carbonyl (C=O) groups is 1. The Hall–Kier alpha value is -0.480. The lowest BCUT2D eigenvalue weighted by molar-refractivity contribution is 0.0632. The summed E-state index contributed by atoms with van der Waals surface area (Å²) < 4.78 is 0.950. The van der Waals surface area contributed by atoms with Gasteiger partial charge in [-0.25, -0.2) is 0 Å². The molecule has 1 atom stereocenters. The molecule has 1 unspecified atom stereocenters. The molecule has 0 radical (unpaired) electrons. The molecule has 1 saturated heterocycles. The molecule has 1 aliphatic heterocycles. The van der Waals surface area contributed by atoms with Crippen LogP contribution in [-0.4, -0.2) is 23.4 Å². The van der Waals surface area contributed by atoms with Gasteiger partial charge in [0, 0.05) is 22.0 Å². The fraction of sp³-hybridized carbons (Fsp3) is 0.462. The largest absolute Gasteiger partial charge is 0.336 e. The lowest BCUT2D eigenvalue weighted by atomic mass is 10.0. The Bertz CT molecular complexity index is 435. The molecule has 1 fully saturated rings. The molecule has 2 nitrogen and oxygen atoms in total. The van der Waals surface area contributed by atoms with Crippen molar-refractivity contribution in [2.24, 2.45) is 0 Å². The number of halogens is 1. The molecule has 0 aromatic heterocycles. The van der Waals surface area contributed by atoms with E-state index in [0.29, 0.717) is 11.6 Å². The van der Waals surface area contributed by atoms with Crippen molar-refractivity contribution in [3.05, 3.63) is 28.2 Å². The molecule has 4 heteroatoms. The van der Waals surface area contributed by atoms with Crippen molar-refractivity contribution in [1.29, 1.82) is 0 Å². The molecule has 2 rings (SSSR count). The third-order valence-electron chi connectivity index (χ3n) is 3.25. The van der Waals surface area contributed by atoms with Crippen LogP contribution in [0.5, 0.6) is 0 Å². The van der Waals surface area contributed by atoms with Gasteiger partial charge in [-0.2, -0.15) is 0 Å². The van der Waals surface area contributed by atoms with Gasteiger partial charge in [0.2, 0.25) is 0 Å². The van der Waals surface area contributed by atoms with Gasteiger partial charge in [-0.05, 0) is 44.4 Å². The molecule has 17 heavy (non-hydrogen) atoms. The highest BCUT2D eigenvalue weighted by Crippen LogP contribution is 2.24. The minimum Gasteiger partial charge on any atom is -0.336 e. The first-order chi connectivity index (χ1) is 8.09. The summed E-state index contributed by atoms with van der Waals surface area (Å²) in [5, 5.41) is 0. The van der Waals surface area contributed by atoms with Crippen molar-refractivity contribution >= 4 is 34.5 Å². The van der Waals surface area contributed by atoms with Gasteiger partial charge in [0.25, 0.3) is 5.91 Å². The van der Waals surface area contributed by atoms with E-state index in [1.165, 1.54) is 6.42 Å². The Balaban J connectivity index is 2.24. The van der Waals surface area contributed by atoms with Crippen LogP contribution < -0.4 is 0 Å². The maximum Gasteiger partial charge on any atom is 0.255 e. The molecule has 1 aromatic carbocycles. The number of carbonyl (C=O) groups excluding carboxylic acids is 1. The SMILES string of the molecule is CC1CCCCN1C(=O)c1ccc(Br)cc1S. The van der Waals surface area contributed by atoms with Crippen molar-refractivity contribution in [3.8, 4) is 0 Å². The highest BCUT2D eigenvalue weighted by atomic mass is 79.9. The minimum absolute atomic E-state index is 0.106. The van der Waals surface area contributed by atoms with Crippen LogP contribution in [0.15, 0.2) is 27.6 Å². The summed E-state index contributed by atoms with van der Waals surface area (Å²) in [7, 11) is 0. The number of amides is 1. The van der Waals surface area contributed by atoms with Crippen molar-refractivity contribution in [1.82, 2.24) is 4.90 Å². The number of hydrogen-bond acceptors (Lipinski definition) is 2. The van der Waals surface area contributed by atoms with Gasteiger partial charge in [-0.3, -0.25) is 4.79 Å². The molecule has 0 aliphatic carbocycles. The molecular weight excluding hydrogens is 298 g/mol. The zero-order valence-electron chi connectivity index (χ0n) is 9.82. The Morgan fingerprint density at radius 2 is 2.24 bits per heavy atom. The Morgan fingerprint density at radius 1 is 1.47 bits per heavy atom. The van der Waals surface area contributed by atoms with Gasteiger partial charge in [0.05, 0.1) is 5.56 Å². The summed E-state index contributed by atoms with van der Waals surface area (Å²) in [4.78, 5) is 15.1. The van der Waals surface area contributed by atoms with Gasteiger partial charge in [0.15, 0.2) is 0 Å². The third kappa shape index (κ3) is 2.86. The summed E-state index contributed by atoms with van der Waals surface area (Å²) in [5.74, 6) is 0.106. The fourth-order valence-corrected chi connectivity index (χ4v) is 3.09. The molecule has 92 valence electrons. The number of rotatable bonds is 1. The summed E-state index contributed by atoms with van der Waals surface area (Å²) >= 11 is 7.76. The van der Waals surface area contributed by atoms with Crippen LogP contribution in [0.3, 0.4) is 0 Å². The van der Waals surface area contributed by atoms with E-state index >= 15 is 0 Å². The first-order valence-electron chi connectivity index (χ1n) is 5.89. The first kappa shape index (κ1) is 13.0. The number of likely N-dealkylation sites (tertiary alicyclic amines) is 1. The molecule has 1 aliphatic rings. The molecule has 1 amide bonds. The second-order valence-electron chi connectivity index (χ2n) is 4.50. The van der Waals surface area contributed by atoms with Crippen molar-refractivity contribution in [2.75, 3.05) is 6.54 Å². The van der Waals surface area contributed by atoms with Gasteiger partial charge in [-0.15, -0.1) is 12.6 Å². The van der Waals surface area contributed by atoms with Crippen LogP contribution in [0.4, 0.5) is 0 Å². The number of piperidine rings is 1. The topological polar surface area (TPSA) is 20.3 Å². The predicted molar refractivity (Wildman–Crippen MR) is 75.7 cm³/mol. The normalized spacial score (nSPS) is 20.4. The molecule has 1 aromatic rings. The van der Waals surface area contributed by atoms with Gasteiger partial charge >= 0.3 is 0 Å². The summed E-state index contributed by atoms with van der Waals surface area (Å²) in [5.41, 5.74) is 0.699. The van der Waals surface area contributed by atoms with Crippen LogP contribution in [0, 0.1) is 0 Å². The van der Waals surface area contributed by atoms with E-state index in [4.69, 9.17) is 0 Å². The van der Waals surface area contributed by atoms with Crippen molar-refractivity contribution in [2.45, 2.75) is 37.1 Å². The number of thiol groups is 1. The lowest BCUT2D eigenvalue weighted by Crippen LogP contribution is -2.42. The maximum atomic E-state index is 12.4. The van der Waals surface area contributed by atoms with Crippen LogP contribution >= 0.6 is 28.6 Å². The van der Waals surface area contributed by atoms with Crippen LogP contribution in [0.2, 0.25) is 0 Å². The molecule has 0 bridgehead atoms. The minimum atomic E-state index is 0.106. The number of hydrogen-bond donors (Lipinski definition) is 1. The van der Waals surface area contributed by atoms with Gasteiger partial charge < -0.3 is 4.90 Å². The van der Waals surface area contributed by atoms with E-state index in [1.54, 1.807) is 0 Å². The van der Waals surface area contributed by atoms with Crippen molar-refractivity contribution in [3.63, 3.8) is 0 Å². The summed E-state index contributed by atoms with van der Waals surface area (Å²) in [6.45, 7) is 2.98. The average molecular weight is 314 g/mol. The molecule has 0 spiro atoms. The molecule has 0 N–H and O–H groups in total. The second-order valence-corrected chi connectivity index (χ2v) is 5.90. The monoisotopic (exact) mass is 313 g/mol. The van der Waals surface area contributed by atoms with E-state index < -0.39 is 0 Å². The van der Waals surface area contributed by atoms with Crippen LogP contribution in [-0.2, 0) is 0 Å². The van der Waals surface area contributed by atoms with E-state index in [1.807, 2.05) is 23.1 Å². The maximum absolute atomic E-state index is 12.4. The highest BCUT2D eigenvalue weighted by Gasteiger charge is 2.25. The second kappa shape index (κ2) is 5.44. The molecule has 0 saturated carbocycles. The smallest absolute Gasteiger partial charge is 0.255 e. The standard InChI is InChI=1S/C13H16BrNOS/c1-9-4-2-3-7-15(9)13(16)11-6-5-10(14)8-12(11)17/h5-6,8-9,17H,2-4,7H2,1H3. The quantitative estimate of drug-likeness (QED) is 0.783. The Labute approximate surface area is 116 Å². The average Bonchev–Trinajstić information content (AvgIpc) is 2.29. The zero-order chi connectivity index (χ0) is 12.4. The number of nitrogens with zero attached hydrogens (tertiary/aromatic N) is 1. The molecule has 1 heterocycles. The summed E-state index contributed by atoms with van der Waals surface area (Å²) in [6.07, 6.45) is 3.43. The van der Waals surface area contributed by atoms with Gasteiger partial charge in [0.1, 0.15) is 0 Å². The van der Waals surface area contributed by atoms with E-state index in [9.17, 15) is 4.79 Å². The van der Waals surface area contributed by atoms with E-state index in [0.717, 1.165) is 28.8 Å². The Morgan fingerprint density at radius 3 is 2.88 bits per heavy atom.